The summed E-state index contributed by atoms with van der Waals surface area (Å²) in [5.41, 5.74) is 0. The molecule has 1 heterocycles. The topological polar surface area (TPSA) is 15.3 Å². The van der Waals surface area contributed by atoms with Crippen LogP contribution in [-0.4, -0.2) is 38.1 Å². The van der Waals surface area contributed by atoms with Gasteiger partial charge < -0.3 is 10.2 Å². The Morgan fingerprint density at radius 1 is 1.50 bits per heavy atom. The van der Waals surface area contributed by atoms with E-state index in [4.69, 9.17) is 0 Å². The predicted molar refractivity (Wildman–Crippen MR) is 53.4 cm³/mol. The molecule has 72 valence electrons. The van der Waals surface area contributed by atoms with Crippen LogP contribution in [0, 0.1) is 5.92 Å². The van der Waals surface area contributed by atoms with Crippen LogP contribution in [0.3, 0.4) is 0 Å². The van der Waals surface area contributed by atoms with Gasteiger partial charge >= 0.3 is 0 Å². The van der Waals surface area contributed by atoms with Gasteiger partial charge in [0.1, 0.15) is 0 Å². The fourth-order valence-electron chi connectivity index (χ4n) is 2.02. The van der Waals surface area contributed by atoms with Crippen molar-refractivity contribution in [2.24, 2.45) is 5.92 Å². The molecule has 1 fully saturated rings. The minimum absolute atomic E-state index is 0.950. The zero-order valence-electron chi connectivity index (χ0n) is 8.47. The average molecular weight is 170 g/mol. The Hall–Kier alpha value is -0.0800. The fourth-order valence-corrected chi connectivity index (χ4v) is 2.02. The lowest BCUT2D eigenvalue weighted by molar-refractivity contribution is 0.176. The Labute approximate surface area is 76.3 Å². The van der Waals surface area contributed by atoms with E-state index in [1.807, 2.05) is 7.05 Å². The summed E-state index contributed by atoms with van der Waals surface area (Å²) in [5, 5.41) is 3.23. The van der Waals surface area contributed by atoms with Crippen molar-refractivity contribution >= 4 is 0 Å². The van der Waals surface area contributed by atoms with E-state index in [2.05, 4.69) is 17.1 Å². The molecule has 1 N–H and O–H groups in total. The van der Waals surface area contributed by atoms with Gasteiger partial charge in [0.2, 0.25) is 0 Å². The van der Waals surface area contributed by atoms with Crippen LogP contribution >= 0.6 is 0 Å². The zero-order valence-corrected chi connectivity index (χ0v) is 8.47. The summed E-state index contributed by atoms with van der Waals surface area (Å²) in [4.78, 5) is 2.57. The number of piperidine rings is 1. The van der Waals surface area contributed by atoms with Crippen molar-refractivity contribution in [3.8, 4) is 0 Å². The minimum Gasteiger partial charge on any atom is -0.320 e. The van der Waals surface area contributed by atoms with Crippen molar-refractivity contribution < 1.29 is 0 Å². The summed E-state index contributed by atoms with van der Waals surface area (Å²) in [6, 6.07) is 0. The van der Waals surface area contributed by atoms with E-state index in [0.717, 1.165) is 5.92 Å². The van der Waals surface area contributed by atoms with E-state index in [-0.39, 0.29) is 0 Å². The van der Waals surface area contributed by atoms with Gasteiger partial charge in [0.25, 0.3) is 0 Å². The number of rotatable bonds is 4. The highest BCUT2D eigenvalue weighted by atomic mass is 15.1. The number of nitrogens with one attached hydrogen (secondary N) is 1. The number of hydrogen-bond acceptors (Lipinski definition) is 2. The van der Waals surface area contributed by atoms with Gasteiger partial charge in [-0.2, -0.15) is 0 Å². The molecule has 0 spiro atoms. The second kappa shape index (κ2) is 5.55. The molecule has 12 heavy (non-hydrogen) atoms. The van der Waals surface area contributed by atoms with Gasteiger partial charge in [-0.15, -0.1) is 0 Å². The van der Waals surface area contributed by atoms with Crippen LogP contribution in [0.5, 0.6) is 0 Å². The predicted octanol–water partition coefficient (Wildman–Crippen LogP) is 1.33. The van der Waals surface area contributed by atoms with Crippen molar-refractivity contribution in [1.82, 2.24) is 10.2 Å². The van der Waals surface area contributed by atoms with Crippen molar-refractivity contribution in [1.29, 1.82) is 0 Å². The molecule has 1 saturated heterocycles. The van der Waals surface area contributed by atoms with Gasteiger partial charge in [-0.3, -0.25) is 0 Å². The molecule has 1 rings (SSSR count). The quantitative estimate of drug-likeness (QED) is 0.684. The highest BCUT2D eigenvalue weighted by molar-refractivity contribution is 4.72. The Morgan fingerprint density at radius 2 is 2.33 bits per heavy atom. The summed E-state index contributed by atoms with van der Waals surface area (Å²) in [5.74, 6) is 0.950. The van der Waals surface area contributed by atoms with Crippen molar-refractivity contribution in [3.05, 3.63) is 0 Å². The van der Waals surface area contributed by atoms with Crippen LogP contribution in [-0.2, 0) is 0 Å². The maximum absolute atomic E-state index is 3.23. The molecule has 0 aromatic carbocycles. The maximum atomic E-state index is 3.23. The van der Waals surface area contributed by atoms with Gasteiger partial charge in [0, 0.05) is 6.54 Å². The Balaban J connectivity index is 2.16. The van der Waals surface area contributed by atoms with Crippen molar-refractivity contribution in [3.63, 3.8) is 0 Å². The summed E-state index contributed by atoms with van der Waals surface area (Å²) in [6.45, 7) is 7.34. The number of likely N-dealkylation sites (tertiary alicyclic amines) is 1. The van der Waals surface area contributed by atoms with Gasteiger partial charge in [-0.25, -0.2) is 0 Å². The standard InChI is InChI=1S/C10H22N2/c1-3-12-8-4-5-10(9-12)6-7-11-2/h10-11H,3-9H2,1-2H3. The first-order chi connectivity index (χ1) is 5.86. The summed E-state index contributed by atoms with van der Waals surface area (Å²) in [6.07, 6.45) is 4.20. The van der Waals surface area contributed by atoms with Crippen LogP contribution in [0.1, 0.15) is 26.2 Å². The maximum Gasteiger partial charge on any atom is 0.00100 e. The Bertz CT molecular complexity index is 114. The Kier molecular flexibility index (Phi) is 4.62. The van der Waals surface area contributed by atoms with Crippen LogP contribution in [0.15, 0.2) is 0 Å². The molecular weight excluding hydrogens is 148 g/mol. The van der Waals surface area contributed by atoms with Gasteiger partial charge in [0.15, 0.2) is 0 Å². The lowest BCUT2D eigenvalue weighted by Crippen LogP contribution is -2.36. The smallest absolute Gasteiger partial charge is 0.00100 e. The first-order valence-electron chi connectivity index (χ1n) is 5.23. The largest absolute Gasteiger partial charge is 0.320 e. The molecule has 1 aliphatic rings. The molecular formula is C10H22N2. The molecule has 0 aliphatic carbocycles. The monoisotopic (exact) mass is 170 g/mol. The molecule has 0 amide bonds. The lowest BCUT2D eigenvalue weighted by atomic mass is 9.95. The normalized spacial score (nSPS) is 26.0. The third-order valence-electron chi connectivity index (χ3n) is 2.85. The first-order valence-corrected chi connectivity index (χ1v) is 5.23. The third-order valence-corrected chi connectivity index (χ3v) is 2.85. The molecule has 0 saturated carbocycles. The number of nitrogens with zero attached hydrogens (tertiary/aromatic N) is 1. The second-order valence-electron chi connectivity index (χ2n) is 3.79. The van der Waals surface area contributed by atoms with Crippen LogP contribution in [0.2, 0.25) is 0 Å². The van der Waals surface area contributed by atoms with Gasteiger partial charge in [0.05, 0.1) is 0 Å². The van der Waals surface area contributed by atoms with Crippen molar-refractivity contribution in [2.45, 2.75) is 26.2 Å². The first kappa shape index (κ1) is 10.0. The zero-order chi connectivity index (χ0) is 8.81. The van der Waals surface area contributed by atoms with Crippen LogP contribution in [0.25, 0.3) is 0 Å². The molecule has 0 aromatic heterocycles. The second-order valence-corrected chi connectivity index (χ2v) is 3.79. The molecule has 0 bridgehead atoms. The molecule has 0 aromatic rings. The fraction of sp³-hybridized carbons (Fsp3) is 1.00. The molecule has 1 aliphatic heterocycles. The summed E-state index contributed by atoms with van der Waals surface area (Å²) in [7, 11) is 2.04. The van der Waals surface area contributed by atoms with Gasteiger partial charge in [-0.05, 0) is 51.9 Å². The molecule has 0 radical (unpaired) electrons. The highest BCUT2D eigenvalue weighted by Gasteiger charge is 2.17. The van der Waals surface area contributed by atoms with E-state index in [0.29, 0.717) is 0 Å². The van der Waals surface area contributed by atoms with E-state index >= 15 is 0 Å². The minimum atomic E-state index is 0.950. The Morgan fingerprint density at radius 3 is 3.00 bits per heavy atom. The lowest BCUT2D eigenvalue weighted by Gasteiger charge is -2.31. The van der Waals surface area contributed by atoms with Gasteiger partial charge in [-0.1, -0.05) is 6.92 Å². The molecule has 1 atom stereocenters. The average Bonchev–Trinajstić information content (AvgIpc) is 2.15. The van der Waals surface area contributed by atoms with E-state index in [9.17, 15) is 0 Å². The summed E-state index contributed by atoms with van der Waals surface area (Å²) >= 11 is 0. The number of hydrogen-bond donors (Lipinski definition) is 1. The van der Waals surface area contributed by atoms with E-state index in [1.165, 1.54) is 45.4 Å². The van der Waals surface area contributed by atoms with Crippen LogP contribution in [0.4, 0.5) is 0 Å². The SMILES string of the molecule is CCN1CCCC(CCNC)C1. The molecule has 2 heteroatoms. The molecule has 2 nitrogen and oxygen atoms in total. The summed E-state index contributed by atoms with van der Waals surface area (Å²) < 4.78 is 0. The molecule has 1 unspecified atom stereocenters. The van der Waals surface area contributed by atoms with Crippen molar-refractivity contribution in [2.75, 3.05) is 33.2 Å². The highest BCUT2D eigenvalue weighted by Crippen LogP contribution is 2.18. The van der Waals surface area contributed by atoms with E-state index in [1.54, 1.807) is 0 Å². The third kappa shape index (κ3) is 3.11. The van der Waals surface area contributed by atoms with E-state index < -0.39 is 0 Å². The van der Waals surface area contributed by atoms with Crippen LogP contribution < -0.4 is 5.32 Å².